The highest BCUT2D eigenvalue weighted by Crippen LogP contribution is 1.97. The molecule has 0 aliphatic rings. The summed E-state index contributed by atoms with van der Waals surface area (Å²) in [5.41, 5.74) is 5.30. The Bertz CT molecular complexity index is 175. The van der Waals surface area contributed by atoms with Crippen LogP contribution in [-0.2, 0) is 9.53 Å². The largest absolute Gasteiger partial charge is 0.480 e. The average molecular weight is 203 g/mol. The van der Waals surface area contributed by atoms with E-state index in [1.54, 1.807) is 0 Å². The molecule has 0 aromatic carbocycles. The van der Waals surface area contributed by atoms with Crippen molar-refractivity contribution in [2.45, 2.75) is 25.3 Å². The summed E-state index contributed by atoms with van der Waals surface area (Å²) in [5, 5.41) is 18.0. The third kappa shape index (κ3) is 7.51. The Morgan fingerprint density at radius 1 is 1.64 bits per heavy atom. The number of unbranched alkanes of at least 4 members (excludes halogenated alkanes) is 1. The van der Waals surface area contributed by atoms with Crippen molar-refractivity contribution in [1.82, 2.24) is 5.32 Å². The van der Waals surface area contributed by atoms with Crippen molar-refractivity contribution >= 4 is 12.4 Å². The molecule has 0 rings (SSSR count). The zero-order valence-electron chi connectivity index (χ0n) is 8.03. The lowest BCUT2D eigenvalue weighted by molar-refractivity contribution is -0.138. The van der Waals surface area contributed by atoms with E-state index >= 15 is 0 Å². The summed E-state index contributed by atoms with van der Waals surface area (Å²) in [6.07, 6.45) is 2.98. The second-order valence-corrected chi connectivity index (χ2v) is 2.87. The second-order valence-electron chi connectivity index (χ2n) is 2.87. The molecule has 0 aliphatic heterocycles. The van der Waals surface area contributed by atoms with E-state index in [1.807, 2.05) is 0 Å². The van der Waals surface area contributed by atoms with Crippen LogP contribution in [0, 0.1) is 5.41 Å². The van der Waals surface area contributed by atoms with Crippen molar-refractivity contribution in [3.05, 3.63) is 0 Å². The van der Waals surface area contributed by atoms with Crippen molar-refractivity contribution in [2.24, 2.45) is 5.73 Å². The van der Waals surface area contributed by atoms with Crippen LogP contribution >= 0.6 is 0 Å². The van der Waals surface area contributed by atoms with Crippen LogP contribution in [0.15, 0.2) is 0 Å². The van der Waals surface area contributed by atoms with Gasteiger partial charge in [-0.3, -0.25) is 15.5 Å². The number of nitrogens with one attached hydrogen (secondary N) is 2. The van der Waals surface area contributed by atoms with Gasteiger partial charge in [-0.05, 0) is 19.4 Å². The molecule has 0 bridgehead atoms. The molecule has 0 spiro atoms. The Labute approximate surface area is 82.9 Å². The molecule has 0 aromatic heterocycles. The van der Waals surface area contributed by atoms with Gasteiger partial charge in [-0.25, -0.2) is 0 Å². The first-order valence-electron chi connectivity index (χ1n) is 4.48. The summed E-state index contributed by atoms with van der Waals surface area (Å²) >= 11 is 0. The summed E-state index contributed by atoms with van der Waals surface area (Å²) in [5.74, 6) is -0.954. The van der Waals surface area contributed by atoms with Gasteiger partial charge in [-0.15, -0.1) is 0 Å². The minimum Gasteiger partial charge on any atom is -0.480 e. The van der Waals surface area contributed by atoms with Crippen LogP contribution in [0.5, 0.6) is 0 Å². The lowest BCUT2D eigenvalue weighted by Crippen LogP contribution is -2.30. The SMILES string of the molecule is N=COCNCCCC[C@H](N)C(=O)O. The molecule has 14 heavy (non-hydrogen) atoms. The summed E-state index contributed by atoms with van der Waals surface area (Å²) < 4.78 is 4.61. The van der Waals surface area contributed by atoms with E-state index in [9.17, 15) is 4.79 Å². The molecule has 0 aromatic rings. The van der Waals surface area contributed by atoms with E-state index in [0.29, 0.717) is 13.2 Å². The third-order valence-electron chi connectivity index (χ3n) is 1.70. The Balaban J connectivity index is 3.13. The molecular formula is C8H17N3O3. The fourth-order valence-electron chi connectivity index (χ4n) is 0.910. The highest BCUT2D eigenvalue weighted by Gasteiger charge is 2.09. The summed E-state index contributed by atoms with van der Waals surface area (Å²) in [4.78, 5) is 10.3. The number of ether oxygens (including phenoxy) is 1. The number of carboxylic acids is 1. The van der Waals surface area contributed by atoms with E-state index < -0.39 is 12.0 Å². The molecule has 1 atom stereocenters. The molecule has 82 valence electrons. The topological polar surface area (TPSA) is 108 Å². The Hall–Kier alpha value is -1.14. The lowest BCUT2D eigenvalue weighted by Gasteiger charge is -2.06. The molecule has 6 nitrogen and oxygen atoms in total. The zero-order valence-corrected chi connectivity index (χ0v) is 8.03. The van der Waals surface area contributed by atoms with E-state index in [1.165, 1.54) is 0 Å². The standard InChI is InChI=1S/C8H17N3O3/c9-5-14-6-11-4-2-1-3-7(10)8(12)13/h5,7,9,11H,1-4,6,10H2,(H,12,13)/t7-/m0/s1. The first-order valence-corrected chi connectivity index (χ1v) is 4.48. The minimum absolute atomic E-state index is 0.314. The molecule has 0 saturated heterocycles. The normalized spacial score (nSPS) is 12.1. The van der Waals surface area contributed by atoms with E-state index in [0.717, 1.165) is 25.8 Å². The predicted molar refractivity (Wildman–Crippen MR) is 52.2 cm³/mol. The summed E-state index contributed by atoms with van der Waals surface area (Å²) in [6.45, 7) is 1.05. The van der Waals surface area contributed by atoms with Gasteiger partial charge < -0.3 is 15.6 Å². The molecule has 0 heterocycles. The highest BCUT2D eigenvalue weighted by molar-refractivity contribution is 5.72. The van der Waals surface area contributed by atoms with E-state index in [4.69, 9.17) is 16.2 Å². The number of carboxylic acid groups (broad SMARTS) is 1. The maximum atomic E-state index is 10.3. The van der Waals surface area contributed by atoms with Crippen LogP contribution in [0.3, 0.4) is 0 Å². The number of hydrogen-bond acceptors (Lipinski definition) is 5. The van der Waals surface area contributed by atoms with Gasteiger partial charge in [0.25, 0.3) is 0 Å². The number of rotatable bonds is 9. The van der Waals surface area contributed by atoms with Crippen molar-refractivity contribution in [3.63, 3.8) is 0 Å². The Kier molecular flexibility index (Phi) is 7.77. The number of carbonyl (C=O) groups is 1. The van der Waals surface area contributed by atoms with Gasteiger partial charge >= 0.3 is 5.97 Å². The molecule has 0 fully saturated rings. The second kappa shape index (κ2) is 8.46. The molecule has 0 aliphatic carbocycles. The van der Waals surface area contributed by atoms with Gasteiger partial charge in [0.05, 0.1) is 0 Å². The third-order valence-corrected chi connectivity index (χ3v) is 1.70. The average Bonchev–Trinajstić information content (AvgIpc) is 2.16. The summed E-state index contributed by atoms with van der Waals surface area (Å²) in [6, 6.07) is -0.757. The molecular weight excluding hydrogens is 186 g/mol. The first kappa shape index (κ1) is 12.9. The Morgan fingerprint density at radius 3 is 2.93 bits per heavy atom. The molecule has 6 heteroatoms. The molecule has 0 unspecified atom stereocenters. The number of hydrogen-bond donors (Lipinski definition) is 4. The van der Waals surface area contributed by atoms with Gasteiger partial charge in [-0.1, -0.05) is 6.42 Å². The lowest BCUT2D eigenvalue weighted by atomic mass is 10.1. The fraction of sp³-hybridized carbons (Fsp3) is 0.750. The predicted octanol–water partition coefficient (Wildman–Crippen LogP) is -0.261. The van der Waals surface area contributed by atoms with Crippen LogP contribution in [0.1, 0.15) is 19.3 Å². The molecule has 5 N–H and O–H groups in total. The molecule has 0 amide bonds. The van der Waals surface area contributed by atoms with Crippen LogP contribution < -0.4 is 11.1 Å². The number of aliphatic carboxylic acids is 1. The number of nitrogens with two attached hydrogens (primary N) is 1. The van der Waals surface area contributed by atoms with Gasteiger partial charge in [0.2, 0.25) is 0 Å². The molecule has 0 saturated carbocycles. The van der Waals surface area contributed by atoms with Gasteiger partial charge in [-0.2, -0.15) is 0 Å². The van der Waals surface area contributed by atoms with Crippen LogP contribution in [0.4, 0.5) is 0 Å². The van der Waals surface area contributed by atoms with Crippen molar-refractivity contribution < 1.29 is 14.6 Å². The maximum absolute atomic E-state index is 10.3. The van der Waals surface area contributed by atoms with Gasteiger partial charge in [0, 0.05) is 0 Å². The van der Waals surface area contributed by atoms with E-state index in [2.05, 4.69) is 10.1 Å². The van der Waals surface area contributed by atoms with E-state index in [-0.39, 0.29) is 0 Å². The van der Waals surface area contributed by atoms with Crippen LogP contribution in [-0.4, -0.2) is 36.8 Å². The van der Waals surface area contributed by atoms with Crippen molar-refractivity contribution in [2.75, 3.05) is 13.3 Å². The van der Waals surface area contributed by atoms with Crippen molar-refractivity contribution in [1.29, 1.82) is 5.41 Å². The molecule has 0 radical (unpaired) electrons. The zero-order chi connectivity index (χ0) is 10.8. The maximum Gasteiger partial charge on any atom is 0.320 e. The fourth-order valence-corrected chi connectivity index (χ4v) is 0.910. The highest BCUT2D eigenvalue weighted by atomic mass is 16.5. The van der Waals surface area contributed by atoms with Crippen LogP contribution in [0.2, 0.25) is 0 Å². The monoisotopic (exact) mass is 203 g/mol. The van der Waals surface area contributed by atoms with Crippen LogP contribution in [0.25, 0.3) is 0 Å². The van der Waals surface area contributed by atoms with Gasteiger partial charge in [0.15, 0.2) is 6.40 Å². The summed E-state index contributed by atoms with van der Waals surface area (Å²) in [7, 11) is 0. The first-order chi connectivity index (χ1) is 6.68. The van der Waals surface area contributed by atoms with Gasteiger partial charge in [0.1, 0.15) is 12.8 Å². The quantitative estimate of drug-likeness (QED) is 0.179. The van der Waals surface area contributed by atoms with Crippen molar-refractivity contribution in [3.8, 4) is 0 Å². The minimum atomic E-state index is -0.954. The smallest absolute Gasteiger partial charge is 0.320 e. The Morgan fingerprint density at radius 2 is 2.36 bits per heavy atom.